The standard InChI is InChI=1S/C9H15N3OS/c1-2-12-9(10-6-11-12)3-7-4-14-5-8(7)13/h6-8,13H,2-5H2,1H3. The van der Waals surface area contributed by atoms with Gasteiger partial charge in [-0.3, -0.25) is 4.68 Å². The van der Waals surface area contributed by atoms with Crippen molar-refractivity contribution in [3.05, 3.63) is 12.2 Å². The van der Waals surface area contributed by atoms with E-state index in [4.69, 9.17) is 0 Å². The van der Waals surface area contributed by atoms with Crippen molar-refractivity contribution in [3.8, 4) is 0 Å². The Kier molecular flexibility index (Phi) is 3.08. The molecule has 2 rings (SSSR count). The molecule has 1 fully saturated rings. The fourth-order valence-electron chi connectivity index (χ4n) is 1.73. The molecule has 0 saturated carbocycles. The molecule has 2 heterocycles. The molecule has 1 aliphatic rings. The van der Waals surface area contributed by atoms with Crippen LogP contribution in [0.25, 0.3) is 0 Å². The van der Waals surface area contributed by atoms with E-state index >= 15 is 0 Å². The molecule has 0 spiro atoms. The van der Waals surface area contributed by atoms with E-state index in [1.54, 1.807) is 6.33 Å². The van der Waals surface area contributed by atoms with Crippen LogP contribution in [0.3, 0.4) is 0 Å². The third-order valence-electron chi connectivity index (χ3n) is 2.60. The molecule has 1 saturated heterocycles. The number of thioether (sulfide) groups is 1. The second-order valence-corrected chi connectivity index (χ2v) is 4.64. The Hall–Kier alpha value is -0.550. The number of aliphatic hydroxyl groups excluding tert-OH is 1. The summed E-state index contributed by atoms with van der Waals surface area (Å²) in [5.41, 5.74) is 0. The summed E-state index contributed by atoms with van der Waals surface area (Å²) >= 11 is 1.82. The Labute approximate surface area is 87.7 Å². The number of hydrogen-bond acceptors (Lipinski definition) is 4. The number of rotatable bonds is 3. The number of aliphatic hydroxyl groups is 1. The molecule has 0 radical (unpaired) electrons. The van der Waals surface area contributed by atoms with E-state index in [1.807, 2.05) is 16.4 Å². The minimum Gasteiger partial charge on any atom is -0.392 e. The normalized spacial score (nSPS) is 27.0. The molecule has 0 bridgehead atoms. The van der Waals surface area contributed by atoms with Gasteiger partial charge in [0.25, 0.3) is 0 Å². The van der Waals surface area contributed by atoms with Crippen LogP contribution in [0.4, 0.5) is 0 Å². The molecular weight excluding hydrogens is 198 g/mol. The van der Waals surface area contributed by atoms with Crippen molar-refractivity contribution in [2.45, 2.75) is 26.0 Å². The average molecular weight is 213 g/mol. The molecule has 1 aliphatic heterocycles. The Balaban J connectivity index is 2.02. The summed E-state index contributed by atoms with van der Waals surface area (Å²) in [6.07, 6.45) is 2.27. The molecule has 4 nitrogen and oxygen atoms in total. The maximum atomic E-state index is 9.67. The summed E-state index contributed by atoms with van der Waals surface area (Å²) in [5, 5.41) is 13.8. The van der Waals surface area contributed by atoms with E-state index in [-0.39, 0.29) is 6.10 Å². The summed E-state index contributed by atoms with van der Waals surface area (Å²) < 4.78 is 1.90. The number of hydrogen-bond donors (Lipinski definition) is 1. The largest absolute Gasteiger partial charge is 0.392 e. The van der Waals surface area contributed by atoms with E-state index in [9.17, 15) is 5.11 Å². The predicted molar refractivity (Wildman–Crippen MR) is 56.2 cm³/mol. The molecule has 2 atom stereocenters. The molecule has 14 heavy (non-hydrogen) atoms. The van der Waals surface area contributed by atoms with Gasteiger partial charge < -0.3 is 5.11 Å². The van der Waals surface area contributed by atoms with Gasteiger partial charge in [0.15, 0.2) is 0 Å². The smallest absolute Gasteiger partial charge is 0.138 e. The highest BCUT2D eigenvalue weighted by Crippen LogP contribution is 2.26. The first-order chi connectivity index (χ1) is 6.81. The molecule has 1 aromatic rings. The SMILES string of the molecule is CCn1ncnc1CC1CSCC1O. The molecular formula is C9H15N3OS. The van der Waals surface area contributed by atoms with Gasteiger partial charge in [-0.25, -0.2) is 4.98 Å². The quantitative estimate of drug-likeness (QED) is 0.797. The van der Waals surface area contributed by atoms with Gasteiger partial charge in [0, 0.05) is 24.6 Å². The summed E-state index contributed by atoms with van der Waals surface area (Å²) in [5.74, 6) is 3.26. The van der Waals surface area contributed by atoms with E-state index < -0.39 is 0 Å². The zero-order valence-electron chi connectivity index (χ0n) is 8.26. The van der Waals surface area contributed by atoms with E-state index in [1.165, 1.54) is 0 Å². The van der Waals surface area contributed by atoms with Gasteiger partial charge in [0.1, 0.15) is 12.2 Å². The van der Waals surface area contributed by atoms with Crippen molar-refractivity contribution in [3.63, 3.8) is 0 Å². The third-order valence-corrected chi connectivity index (χ3v) is 3.85. The van der Waals surface area contributed by atoms with Crippen molar-refractivity contribution >= 4 is 11.8 Å². The lowest BCUT2D eigenvalue weighted by Crippen LogP contribution is -2.22. The maximum Gasteiger partial charge on any atom is 0.138 e. The molecule has 0 aromatic carbocycles. The molecule has 0 aliphatic carbocycles. The van der Waals surface area contributed by atoms with Crippen molar-refractivity contribution in [1.82, 2.24) is 14.8 Å². The summed E-state index contributed by atoms with van der Waals surface area (Å²) in [7, 11) is 0. The minimum atomic E-state index is -0.165. The van der Waals surface area contributed by atoms with Crippen LogP contribution < -0.4 is 0 Å². The van der Waals surface area contributed by atoms with E-state index in [0.717, 1.165) is 30.3 Å². The maximum absolute atomic E-state index is 9.67. The Morgan fingerprint density at radius 1 is 1.64 bits per heavy atom. The number of nitrogens with zero attached hydrogens (tertiary/aromatic N) is 3. The molecule has 1 N–H and O–H groups in total. The Morgan fingerprint density at radius 3 is 3.14 bits per heavy atom. The highest BCUT2D eigenvalue weighted by molar-refractivity contribution is 7.99. The van der Waals surface area contributed by atoms with Gasteiger partial charge >= 0.3 is 0 Å². The van der Waals surface area contributed by atoms with Gasteiger partial charge in [-0.1, -0.05) is 0 Å². The van der Waals surface area contributed by atoms with Crippen molar-refractivity contribution in [2.75, 3.05) is 11.5 Å². The molecule has 5 heteroatoms. The van der Waals surface area contributed by atoms with Crippen LogP contribution in [0.2, 0.25) is 0 Å². The fourth-order valence-corrected chi connectivity index (χ4v) is 3.02. The second-order valence-electron chi connectivity index (χ2n) is 3.56. The van der Waals surface area contributed by atoms with Crippen LogP contribution >= 0.6 is 11.8 Å². The zero-order valence-corrected chi connectivity index (χ0v) is 9.07. The average Bonchev–Trinajstić information content (AvgIpc) is 2.77. The minimum absolute atomic E-state index is 0.165. The Bertz CT molecular complexity index is 302. The van der Waals surface area contributed by atoms with Crippen molar-refractivity contribution < 1.29 is 5.11 Å². The predicted octanol–water partition coefficient (Wildman–Crippen LogP) is 0.564. The lowest BCUT2D eigenvalue weighted by Gasteiger charge is -2.12. The summed E-state index contributed by atoms with van der Waals surface area (Å²) in [6.45, 7) is 2.91. The first kappa shape index (κ1) is 9.98. The van der Waals surface area contributed by atoms with Gasteiger partial charge in [-0.15, -0.1) is 0 Å². The monoisotopic (exact) mass is 213 g/mol. The van der Waals surface area contributed by atoms with Crippen LogP contribution in [-0.4, -0.2) is 37.5 Å². The summed E-state index contributed by atoms with van der Waals surface area (Å²) in [4.78, 5) is 4.22. The van der Waals surface area contributed by atoms with E-state index in [2.05, 4.69) is 17.0 Å². The van der Waals surface area contributed by atoms with Crippen molar-refractivity contribution in [1.29, 1.82) is 0 Å². The van der Waals surface area contributed by atoms with Crippen LogP contribution in [0.5, 0.6) is 0 Å². The fraction of sp³-hybridized carbons (Fsp3) is 0.778. The Morgan fingerprint density at radius 2 is 2.50 bits per heavy atom. The molecule has 78 valence electrons. The van der Waals surface area contributed by atoms with Crippen LogP contribution in [0.1, 0.15) is 12.7 Å². The highest BCUT2D eigenvalue weighted by Gasteiger charge is 2.27. The first-order valence-corrected chi connectivity index (χ1v) is 6.09. The topological polar surface area (TPSA) is 50.9 Å². The lowest BCUT2D eigenvalue weighted by atomic mass is 10.0. The molecule has 2 unspecified atom stereocenters. The van der Waals surface area contributed by atoms with Crippen molar-refractivity contribution in [2.24, 2.45) is 5.92 Å². The summed E-state index contributed by atoms with van der Waals surface area (Å²) in [6, 6.07) is 0. The van der Waals surface area contributed by atoms with Gasteiger partial charge in [-0.05, 0) is 12.7 Å². The van der Waals surface area contributed by atoms with E-state index in [0.29, 0.717) is 5.92 Å². The van der Waals surface area contributed by atoms with Crippen LogP contribution in [0.15, 0.2) is 6.33 Å². The second kappa shape index (κ2) is 4.31. The zero-order chi connectivity index (χ0) is 9.97. The van der Waals surface area contributed by atoms with Crippen LogP contribution in [-0.2, 0) is 13.0 Å². The van der Waals surface area contributed by atoms with Crippen LogP contribution in [0, 0.1) is 5.92 Å². The first-order valence-electron chi connectivity index (χ1n) is 4.93. The van der Waals surface area contributed by atoms with Gasteiger partial charge in [0.2, 0.25) is 0 Å². The molecule has 0 amide bonds. The highest BCUT2D eigenvalue weighted by atomic mass is 32.2. The lowest BCUT2D eigenvalue weighted by molar-refractivity contribution is 0.148. The van der Waals surface area contributed by atoms with Gasteiger partial charge in [0.05, 0.1) is 6.10 Å². The number of aryl methyl sites for hydroxylation is 1. The molecule has 1 aromatic heterocycles. The van der Waals surface area contributed by atoms with Gasteiger partial charge in [-0.2, -0.15) is 16.9 Å². The third kappa shape index (κ3) is 1.93. The number of aromatic nitrogens is 3.